The number of aromatic nitrogens is 3. The van der Waals surface area contributed by atoms with Gasteiger partial charge < -0.3 is 10.6 Å². The van der Waals surface area contributed by atoms with E-state index in [9.17, 15) is 0 Å². The molecule has 0 fully saturated rings. The molecule has 0 radical (unpaired) electrons. The molecule has 2 rings (SSSR count). The molecular weight excluding hydrogens is 415 g/mol. The quantitative estimate of drug-likeness (QED) is 0.270. The summed E-state index contributed by atoms with van der Waals surface area (Å²) in [6.07, 6.45) is 7.53. The van der Waals surface area contributed by atoms with E-state index in [0.29, 0.717) is 0 Å². The highest BCUT2D eigenvalue weighted by Gasteiger charge is 2.03. The fourth-order valence-corrected chi connectivity index (χ4v) is 2.41. The predicted molar refractivity (Wildman–Crippen MR) is 110 cm³/mol. The first-order valence-corrected chi connectivity index (χ1v) is 8.66. The zero-order chi connectivity index (χ0) is 16.3. The summed E-state index contributed by atoms with van der Waals surface area (Å²) >= 11 is 0. The molecule has 0 bridgehead atoms. The highest BCUT2D eigenvalue weighted by atomic mass is 127. The van der Waals surface area contributed by atoms with Crippen LogP contribution in [0.2, 0.25) is 0 Å². The number of fused-ring (bicyclic) bond motifs is 1. The number of rotatable bonds is 9. The minimum Gasteiger partial charge on any atom is -0.357 e. The summed E-state index contributed by atoms with van der Waals surface area (Å²) in [6.45, 7) is 6.95. The molecule has 0 aliphatic carbocycles. The van der Waals surface area contributed by atoms with Crippen LogP contribution < -0.4 is 10.6 Å². The number of nitrogens with one attached hydrogen (secondary N) is 2. The second-order valence-electron chi connectivity index (χ2n) is 5.54. The van der Waals surface area contributed by atoms with Gasteiger partial charge in [-0.1, -0.05) is 25.8 Å². The molecule has 0 saturated heterocycles. The number of halogens is 1. The van der Waals surface area contributed by atoms with Crippen molar-refractivity contribution in [1.82, 2.24) is 25.2 Å². The van der Waals surface area contributed by atoms with Crippen LogP contribution in [0.15, 0.2) is 29.4 Å². The Morgan fingerprint density at radius 2 is 2.00 bits per heavy atom. The fourth-order valence-electron chi connectivity index (χ4n) is 2.41. The third-order valence-electron chi connectivity index (χ3n) is 3.63. The van der Waals surface area contributed by atoms with Crippen LogP contribution >= 0.6 is 24.0 Å². The van der Waals surface area contributed by atoms with Crippen molar-refractivity contribution in [3.8, 4) is 0 Å². The smallest absolute Gasteiger partial charge is 0.191 e. The fraction of sp³-hybridized carbons (Fsp3) is 0.588. The van der Waals surface area contributed by atoms with Crippen molar-refractivity contribution in [3.63, 3.8) is 0 Å². The maximum atomic E-state index is 4.63. The number of hydrogen-bond donors (Lipinski definition) is 2. The van der Waals surface area contributed by atoms with Crippen LogP contribution in [0, 0.1) is 0 Å². The molecule has 2 heterocycles. The lowest BCUT2D eigenvalue weighted by atomic mass is 10.2. The minimum absolute atomic E-state index is 0. The van der Waals surface area contributed by atoms with Gasteiger partial charge in [-0.05, 0) is 31.9 Å². The molecular formula is C17H29IN6. The molecule has 7 heteroatoms. The van der Waals surface area contributed by atoms with Gasteiger partial charge in [0.1, 0.15) is 5.82 Å². The normalized spacial score (nSPS) is 11.3. The van der Waals surface area contributed by atoms with Crippen LogP contribution in [0.3, 0.4) is 0 Å². The molecule has 0 aromatic carbocycles. The topological polar surface area (TPSA) is 66.6 Å². The predicted octanol–water partition coefficient (Wildman–Crippen LogP) is 3.03. The Kier molecular flexibility index (Phi) is 10.4. The first-order valence-electron chi connectivity index (χ1n) is 8.66. The van der Waals surface area contributed by atoms with Crippen molar-refractivity contribution < 1.29 is 0 Å². The Morgan fingerprint density at radius 3 is 2.79 bits per heavy atom. The highest BCUT2D eigenvalue weighted by molar-refractivity contribution is 14.0. The summed E-state index contributed by atoms with van der Waals surface area (Å²) in [5.41, 5.74) is 0.900. The molecule has 2 aromatic rings. The van der Waals surface area contributed by atoms with Crippen LogP contribution in [-0.2, 0) is 6.42 Å². The van der Waals surface area contributed by atoms with Crippen molar-refractivity contribution in [1.29, 1.82) is 0 Å². The van der Waals surface area contributed by atoms with E-state index in [2.05, 4.69) is 39.7 Å². The van der Waals surface area contributed by atoms with Gasteiger partial charge in [-0.3, -0.25) is 9.39 Å². The van der Waals surface area contributed by atoms with Gasteiger partial charge in [0.25, 0.3) is 0 Å². The summed E-state index contributed by atoms with van der Waals surface area (Å²) in [6, 6.07) is 5.95. The SMILES string of the molecule is CCCCCNC(=NCCCc1nnc2ccccn12)NCC.I. The minimum atomic E-state index is 0. The first-order chi connectivity index (χ1) is 11.3. The molecule has 134 valence electrons. The standard InChI is InChI=1S/C17H28N6.HI/c1-3-5-7-12-19-17(18-4-2)20-13-9-11-16-22-21-15-10-6-8-14-23(15)16;/h6,8,10,14H,3-5,7,9,11-13H2,1-2H3,(H2,18,19,20);1H. The molecule has 2 aromatic heterocycles. The maximum absolute atomic E-state index is 4.63. The Hall–Kier alpha value is -1.38. The second kappa shape index (κ2) is 12.0. The zero-order valence-electron chi connectivity index (χ0n) is 14.7. The maximum Gasteiger partial charge on any atom is 0.191 e. The molecule has 6 nitrogen and oxygen atoms in total. The molecule has 0 aliphatic heterocycles. The lowest BCUT2D eigenvalue weighted by Crippen LogP contribution is -2.37. The van der Waals surface area contributed by atoms with E-state index in [0.717, 1.165) is 49.9 Å². The van der Waals surface area contributed by atoms with Gasteiger partial charge in [-0.2, -0.15) is 0 Å². The van der Waals surface area contributed by atoms with Crippen molar-refractivity contribution in [2.45, 2.75) is 46.0 Å². The summed E-state index contributed by atoms with van der Waals surface area (Å²) < 4.78 is 2.04. The van der Waals surface area contributed by atoms with E-state index < -0.39 is 0 Å². The van der Waals surface area contributed by atoms with Gasteiger partial charge in [0, 0.05) is 32.3 Å². The largest absolute Gasteiger partial charge is 0.357 e. The first kappa shape index (κ1) is 20.7. The number of aliphatic imine (C=N–C) groups is 1. The summed E-state index contributed by atoms with van der Waals surface area (Å²) in [7, 11) is 0. The number of hydrogen-bond acceptors (Lipinski definition) is 3. The van der Waals surface area contributed by atoms with Crippen LogP contribution in [0.5, 0.6) is 0 Å². The Labute approximate surface area is 161 Å². The molecule has 0 spiro atoms. The number of nitrogens with zero attached hydrogens (tertiary/aromatic N) is 4. The lowest BCUT2D eigenvalue weighted by Gasteiger charge is -2.10. The van der Waals surface area contributed by atoms with Crippen LogP contribution in [0.4, 0.5) is 0 Å². The van der Waals surface area contributed by atoms with Gasteiger partial charge in [0.2, 0.25) is 0 Å². The second-order valence-corrected chi connectivity index (χ2v) is 5.54. The Morgan fingerprint density at radius 1 is 1.12 bits per heavy atom. The van der Waals surface area contributed by atoms with Gasteiger partial charge in [-0.15, -0.1) is 34.2 Å². The third-order valence-corrected chi connectivity index (χ3v) is 3.63. The molecule has 0 amide bonds. The Bertz CT molecular complexity index is 610. The van der Waals surface area contributed by atoms with Crippen molar-refractivity contribution in [3.05, 3.63) is 30.2 Å². The van der Waals surface area contributed by atoms with Crippen molar-refractivity contribution in [2.75, 3.05) is 19.6 Å². The van der Waals surface area contributed by atoms with E-state index >= 15 is 0 Å². The van der Waals surface area contributed by atoms with Crippen LogP contribution in [-0.4, -0.2) is 40.2 Å². The van der Waals surface area contributed by atoms with Crippen LogP contribution in [0.1, 0.15) is 45.4 Å². The average Bonchev–Trinajstić information content (AvgIpc) is 2.98. The monoisotopic (exact) mass is 444 g/mol. The van der Waals surface area contributed by atoms with E-state index in [1.807, 2.05) is 28.8 Å². The van der Waals surface area contributed by atoms with Crippen LogP contribution in [0.25, 0.3) is 5.65 Å². The molecule has 24 heavy (non-hydrogen) atoms. The van der Waals surface area contributed by atoms with E-state index in [-0.39, 0.29) is 24.0 Å². The summed E-state index contributed by atoms with van der Waals surface area (Å²) in [5.74, 6) is 1.91. The molecule has 2 N–H and O–H groups in total. The van der Waals surface area contributed by atoms with E-state index in [1.165, 1.54) is 19.3 Å². The average molecular weight is 444 g/mol. The van der Waals surface area contributed by atoms with Gasteiger partial charge in [0.05, 0.1) is 0 Å². The van der Waals surface area contributed by atoms with Crippen molar-refractivity contribution >= 4 is 35.6 Å². The summed E-state index contributed by atoms with van der Waals surface area (Å²) in [5, 5.41) is 15.1. The van der Waals surface area contributed by atoms with E-state index in [4.69, 9.17) is 0 Å². The number of unbranched alkanes of at least 4 members (excludes halogenated alkanes) is 2. The van der Waals surface area contributed by atoms with Gasteiger partial charge in [0.15, 0.2) is 11.6 Å². The Balaban J connectivity index is 0.00000288. The third kappa shape index (κ3) is 6.62. The number of pyridine rings is 1. The van der Waals surface area contributed by atoms with E-state index in [1.54, 1.807) is 0 Å². The molecule has 0 unspecified atom stereocenters. The van der Waals surface area contributed by atoms with Crippen molar-refractivity contribution in [2.24, 2.45) is 4.99 Å². The number of aryl methyl sites for hydroxylation is 1. The highest BCUT2D eigenvalue weighted by Crippen LogP contribution is 2.05. The van der Waals surface area contributed by atoms with Gasteiger partial charge in [-0.25, -0.2) is 0 Å². The lowest BCUT2D eigenvalue weighted by molar-refractivity contribution is 0.680. The zero-order valence-corrected chi connectivity index (χ0v) is 17.0. The van der Waals surface area contributed by atoms with Gasteiger partial charge >= 0.3 is 0 Å². The molecule has 0 aliphatic rings. The number of guanidine groups is 1. The molecule has 0 atom stereocenters. The summed E-state index contributed by atoms with van der Waals surface area (Å²) in [4.78, 5) is 4.63. The molecule has 0 saturated carbocycles.